The Morgan fingerprint density at radius 1 is 1.15 bits per heavy atom. The van der Waals surface area contributed by atoms with Crippen LogP contribution in [0.2, 0.25) is 0 Å². The summed E-state index contributed by atoms with van der Waals surface area (Å²) in [4.78, 5) is 18.9. The molecule has 2 saturated heterocycles. The normalized spacial score (nSPS) is 22.0. The monoisotopic (exact) mass is 355 g/mol. The van der Waals surface area contributed by atoms with Gasteiger partial charge in [-0.1, -0.05) is 18.1 Å². The van der Waals surface area contributed by atoms with E-state index >= 15 is 0 Å². The summed E-state index contributed by atoms with van der Waals surface area (Å²) >= 11 is 0. The average Bonchev–Trinajstić information content (AvgIpc) is 2.85. The fourth-order valence-corrected chi connectivity index (χ4v) is 3.99. The molecule has 2 heterocycles. The lowest BCUT2D eigenvalue weighted by Gasteiger charge is -2.40. The molecule has 2 aliphatic heterocycles. The number of terminal acetylenes is 1. The van der Waals surface area contributed by atoms with Gasteiger partial charge < -0.3 is 14.5 Å². The topological polar surface area (TPSA) is 36.0 Å². The van der Waals surface area contributed by atoms with Gasteiger partial charge in [0.25, 0.3) is 0 Å². The Balaban J connectivity index is 1.57. The molecule has 140 valence electrons. The zero-order valence-electron chi connectivity index (χ0n) is 15.7. The quantitative estimate of drug-likeness (QED) is 0.759. The molecule has 2 fully saturated rings. The van der Waals surface area contributed by atoms with Crippen LogP contribution in [0, 0.1) is 12.3 Å². The molecule has 0 saturated carbocycles. The van der Waals surface area contributed by atoms with E-state index in [0.717, 1.165) is 51.3 Å². The first-order valence-electron chi connectivity index (χ1n) is 9.65. The molecule has 0 N–H and O–H groups in total. The van der Waals surface area contributed by atoms with Gasteiger partial charge in [-0.3, -0.25) is 9.69 Å². The zero-order valence-corrected chi connectivity index (χ0v) is 15.7. The predicted molar refractivity (Wildman–Crippen MR) is 104 cm³/mol. The van der Waals surface area contributed by atoms with Crippen LogP contribution in [0.4, 0.5) is 5.69 Å². The van der Waals surface area contributed by atoms with E-state index in [0.29, 0.717) is 25.6 Å². The first kappa shape index (κ1) is 18.6. The molecule has 1 amide bonds. The maximum atomic E-state index is 12.2. The van der Waals surface area contributed by atoms with E-state index in [1.807, 2.05) is 24.0 Å². The first-order valence-corrected chi connectivity index (χ1v) is 9.65. The number of piperazine rings is 1. The van der Waals surface area contributed by atoms with Gasteiger partial charge in [0.1, 0.15) is 5.75 Å². The summed E-state index contributed by atoms with van der Waals surface area (Å²) in [6.07, 6.45) is 7.95. The van der Waals surface area contributed by atoms with Gasteiger partial charge in [-0.25, -0.2) is 0 Å². The predicted octanol–water partition coefficient (Wildman–Crippen LogP) is 2.22. The van der Waals surface area contributed by atoms with Crippen LogP contribution >= 0.6 is 0 Å². The minimum atomic E-state index is 0.203. The van der Waals surface area contributed by atoms with E-state index in [-0.39, 0.29) is 5.91 Å². The molecule has 0 spiro atoms. The highest BCUT2D eigenvalue weighted by Gasteiger charge is 2.29. The van der Waals surface area contributed by atoms with Crippen molar-refractivity contribution in [2.75, 3.05) is 50.8 Å². The average molecular weight is 355 g/mol. The summed E-state index contributed by atoms with van der Waals surface area (Å²) in [5.74, 6) is 3.77. The third kappa shape index (κ3) is 4.31. The number of amides is 1. The summed E-state index contributed by atoms with van der Waals surface area (Å²) in [5, 5.41) is 0. The van der Waals surface area contributed by atoms with Gasteiger partial charge in [0.05, 0.1) is 18.8 Å². The number of anilines is 1. The van der Waals surface area contributed by atoms with E-state index in [1.165, 1.54) is 5.69 Å². The van der Waals surface area contributed by atoms with Crippen LogP contribution in [0.5, 0.6) is 5.75 Å². The van der Waals surface area contributed by atoms with E-state index in [2.05, 4.69) is 27.9 Å². The summed E-state index contributed by atoms with van der Waals surface area (Å²) in [6.45, 7) is 7.94. The third-order valence-corrected chi connectivity index (χ3v) is 5.39. The lowest BCUT2D eigenvalue weighted by Crippen LogP contribution is -2.50. The molecule has 5 nitrogen and oxygen atoms in total. The molecule has 26 heavy (non-hydrogen) atoms. The molecular formula is C21H29N3O2. The molecule has 1 atom stereocenters. The van der Waals surface area contributed by atoms with Crippen molar-refractivity contribution in [2.24, 2.45) is 0 Å². The number of hydrogen-bond donors (Lipinski definition) is 0. The summed E-state index contributed by atoms with van der Waals surface area (Å²) in [5.41, 5.74) is 1.19. The second kappa shape index (κ2) is 8.95. The standard InChI is InChI=1S/C21H29N3O2/c1-3-12-24-13-11-18(9-10-21(24)25)22-14-16-23(17-15-22)19-7-5-6-8-20(19)26-4-2/h1,5-8,18H,4,9-17H2,2H3. The maximum Gasteiger partial charge on any atom is 0.223 e. The van der Waals surface area contributed by atoms with Crippen molar-refractivity contribution in [3.8, 4) is 18.1 Å². The third-order valence-electron chi connectivity index (χ3n) is 5.39. The SMILES string of the molecule is C#CCN1CCC(N2CCN(c3ccccc3OCC)CC2)CCC1=O. The van der Waals surface area contributed by atoms with Crippen molar-refractivity contribution >= 4 is 11.6 Å². The zero-order chi connectivity index (χ0) is 18.4. The highest BCUT2D eigenvalue weighted by molar-refractivity contribution is 5.76. The van der Waals surface area contributed by atoms with Crippen molar-refractivity contribution in [3.63, 3.8) is 0 Å². The fraction of sp³-hybridized carbons (Fsp3) is 0.571. The van der Waals surface area contributed by atoms with E-state index in [9.17, 15) is 4.79 Å². The molecule has 2 aliphatic rings. The second-order valence-electron chi connectivity index (χ2n) is 6.92. The minimum Gasteiger partial charge on any atom is -0.492 e. The number of nitrogens with zero attached hydrogens (tertiary/aromatic N) is 3. The summed E-state index contributed by atoms with van der Waals surface area (Å²) in [7, 11) is 0. The van der Waals surface area contributed by atoms with E-state index in [1.54, 1.807) is 0 Å². The number of hydrogen-bond acceptors (Lipinski definition) is 4. The number of rotatable bonds is 5. The van der Waals surface area contributed by atoms with E-state index in [4.69, 9.17) is 11.2 Å². The smallest absolute Gasteiger partial charge is 0.223 e. The van der Waals surface area contributed by atoms with Crippen LogP contribution in [0.25, 0.3) is 0 Å². The number of ether oxygens (including phenoxy) is 1. The molecule has 1 aromatic carbocycles. The second-order valence-corrected chi connectivity index (χ2v) is 6.92. The van der Waals surface area contributed by atoms with Crippen LogP contribution < -0.4 is 9.64 Å². The molecule has 5 heteroatoms. The molecule has 3 rings (SSSR count). The van der Waals surface area contributed by atoms with Crippen molar-refractivity contribution in [3.05, 3.63) is 24.3 Å². The summed E-state index contributed by atoms with van der Waals surface area (Å²) in [6, 6.07) is 8.76. The number of para-hydroxylation sites is 2. The Kier molecular flexibility index (Phi) is 6.40. The highest BCUT2D eigenvalue weighted by Crippen LogP contribution is 2.29. The molecule has 0 aliphatic carbocycles. The van der Waals surface area contributed by atoms with Gasteiger partial charge in [0, 0.05) is 45.2 Å². The fourth-order valence-electron chi connectivity index (χ4n) is 3.99. The van der Waals surface area contributed by atoms with Gasteiger partial charge in [-0.2, -0.15) is 0 Å². The maximum absolute atomic E-state index is 12.2. The number of carbonyl (C=O) groups excluding carboxylic acids is 1. The highest BCUT2D eigenvalue weighted by atomic mass is 16.5. The van der Waals surface area contributed by atoms with Crippen LogP contribution in [0.15, 0.2) is 24.3 Å². The minimum absolute atomic E-state index is 0.203. The van der Waals surface area contributed by atoms with Crippen molar-refractivity contribution < 1.29 is 9.53 Å². The molecule has 1 unspecified atom stereocenters. The number of benzene rings is 1. The van der Waals surface area contributed by atoms with Crippen molar-refractivity contribution in [1.82, 2.24) is 9.80 Å². The van der Waals surface area contributed by atoms with Crippen molar-refractivity contribution in [1.29, 1.82) is 0 Å². The summed E-state index contributed by atoms with van der Waals surface area (Å²) < 4.78 is 5.78. The molecular weight excluding hydrogens is 326 g/mol. The van der Waals surface area contributed by atoms with Gasteiger partial charge in [0.15, 0.2) is 0 Å². The molecule has 0 bridgehead atoms. The van der Waals surface area contributed by atoms with Gasteiger partial charge in [-0.15, -0.1) is 6.42 Å². The molecule has 0 aromatic heterocycles. The lowest BCUT2D eigenvalue weighted by atomic mass is 10.1. The van der Waals surface area contributed by atoms with Crippen molar-refractivity contribution in [2.45, 2.75) is 32.2 Å². The Labute approximate surface area is 156 Å². The lowest BCUT2D eigenvalue weighted by molar-refractivity contribution is -0.130. The molecule has 1 aromatic rings. The van der Waals surface area contributed by atoms with E-state index < -0.39 is 0 Å². The Morgan fingerprint density at radius 2 is 1.92 bits per heavy atom. The van der Waals surface area contributed by atoms with Crippen LogP contribution in [-0.2, 0) is 4.79 Å². The number of carbonyl (C=O) groups is 1. The largest absolute Gasteiger partial charge is 0.492 e. The first-order chi connectivity index (χ1) is 12.7. The van der Waals surface area contributed by atoms with Gasteiger partial charge >= 0.3 is 0 Å². The van der Waals surface area contributed by atoms with Crippen LogP contribution in [0.1, 0.15) is 26.2 Å². The Morgan fingerprint density at radius 3 is 2.65 bits per heavy atom. The van der Waals surface area contributed by atoms with Crippen LogP contribution in [-0.4, -0.2) is 67.6 Å². The van der Waals surface area contributed by atoms with Gasteiger partial charge in [0.2, 0.25) is 5.91 Å². The molecule has 0 radical (unpaired) electrons. The number of likely N-dealkylation sites (tertiary alicyclic amines) is 1. The Hall–Kier alpha value is -2.19. The van der Waals surface area contributed by atoms with Crippen LogP contribution in [0.3, 0.4) is 0 Å². The Bertz CT molecular complexity index is 647. The van der Waals surface area contributed by atoms with Gasteiger partial charge in [-0.05, 0) is 31.9 Å².